The number of hydrogen-bond donors (Lipinski definition) is 2. The molecule has 7 nitrogen and oxygen atoms in total. The molecule has 142 valence electrons. The lowest BCUT2D eigenvalue weighted by atomic mass is 9.95. The van der Waals surface area contributed by atoms with Crippen LogP contribution in [0.1, 0.15) is 46.5 Å². The van der Waals surface area contributed by atoms with E-state index in [2.05, 4.69) is 5.32 Å². The van der Waals surface area contributed by atoms with Crippen LogP contribution in [0.3, 0.4) is 0 Å². The topological polar surface area (TPSA) is 102 Å². The van der Waals surface area contributed by atoms with Crippen molar-refractivity contribution in [3.63, 3.8) is 0 Å². The molecule has 0 aromatic carbocycles. The number of likely N-dealkylation sites (tertiary alicyclic amines) is 1. The number of thiophene rings is 1. The zero-order chi connectivity index (χ0) is 18.7. The highest BCUT2D eigenvalue weighted by Gasteiger charge is 2.28. The molecule has 0 radical (unpaired) electrons. The Morgan fingerprint density at radius 1 is 1.23 bits per heavy atom. The number of anilines is 1. The van der Waals surface area contributed by atoms with Crippen LogP contribution in [0.15, 0.2) is 0 Å². The number of piperidine rings is 1. The predicted molar refractivity (Wildman–Crippen MR) is 99.3 cm³/mol. The average Bonchev–Trinajstić information content (AvgIpc) is 2.99. The minimum atomic E-state index is -0.474. The number of methoxy groups -OCH3 is 1. The second kappa shape index (κ2) is 8.18. The van der Waals surface area contributed by atoms with Crippen molar-refractivity contribution in [3.05, 3.63) is 16.0 Å². The summed E-state index contributed by atoms with van der Waals surface area (Å²) in [5.74, 6) is -0.879. The molecular formula is C18H25N3O4S. The van der Waals surface area contributed by atoms with Gasteiger partial charge in [0.05, 0.1) is 25.1 Å². The van der Waals surface area contributed by atoms with Crippen LogP contribution in [0.25, 0.3) is 0 Å². The number of rotatable bonds is 5. The number of carbonyl (C=O) groups excluding carboxylic acids is 3. The summed E-state index contributed by atoms with van der Waals surface area (Å²) in [7, 11) is 1.40. The fourth-order valence-electron chi connectivity index (χ4n) is 3.78. The van der Waals surface area contributed by atoms with E-state index in [1.165, 1.54) is 23.3 Å². The molecule has 2 amide bonds. The van der Waals surface area contributed by atoms with Gasteiger partial charge in [0.2, 0.25) is 5.91 Å². The van der Waals surface area contributed by atoms with E-state index in [1.54, 1.807) is 0 Å². The Labute approximate surface area is 156 Å². The number of primary amides is 1. The molecule has 3 N–H and O–H groups in total. The molecule has 0 atom stereocenters. The zero-order valence-corrected chi connectivity index (χ0v) is 15.8. The summed E-state index contributed by atoms with van der Waals surface area (Å²) in [6.07, 6.45) is 5.33. The first-order valence-corrected chi connectivity index (χ1v) is 9.85. The maximum Gasteiger partial charge on any atom is 0.308 e. The number of esters is 1. The van der Waals surface area contributed by atoms with Crippen molar-refractivity contribution in [2.75, 3.05) is 32.1 Å². The van der Waals surface area contributed by atoms with Crippen LogP contribution in [-0.2, 0) is 27.2 Å². The van der Waals surface area contributed by atoms with Crippen LogP contribution in [0.5, 0.6) is 0 Å². The van der Waals surface area contributed by atoms with Gasteiger partial charge in [0.15, 0.2) is 0 Å². The molecule has 1 fully saturated rings. The first-order chi connectivity index (χ1) is 12.5. The van der Waals surface area contributed by atoms with Gasteiger partial charge in [-0.3, -0.25) is 19.3 Å². The molecule has 1 aromatic heterocycles. The largest absolute Gasteiger partial charge is 0.469 e. The van der Waals surface area contributed by atoms with Gasteiger partial charge in [-0.05, 0) is 57.2 Å². The molecule has 1 aliphatic carbocycles. The van der Waals surface area contributed by atoms with Gasteiger partial charge in [0.25, 0.3) is 5.91 Å². The average molecular weight is 379 g/mol. The van der Waals surface area contributed by atoms with Gasteiger partial charge in [-0.25, -0.2) is 0 Å². The fraction of sp³-hybridized carbons (Fsp3) is 0.611. The molecule has 2 heterocycles. The van der Waals surface area contributed by atoms with E-state index in [0.717, 1.165) is 31.2 Å². The van der Waals surface area contributed by atoms with E-state index in [-0.39, 0.29) is 24.3 Å². The van der Waals surface area contributed by atoms with E-state index >= 15 is 0 Å². The maximum atomic E-state index is 12.5. The Balaban J connectivity index is 1.60. The molecule has 0 bridgehead atoms. The molecule has 1 aromatic rings. The molecule has 1 saturated heterocycles. The molecule has 3 rings (SSSR count). The minimum absolute atomic E-state index is 0.0789. The molecule has 26 heavy (non-hydrogen) atoms. The third-order valence-electron chi connectivity index (χ3n) is 5.16. The number of fused-ring (bicyclic) bond motifs is 1. The molecule has 8 heteroatoms. The van der Waals surface area contributed by atoms with Crippen LogP contribution in [-0.4, -0.2) is 49.4 Å². The minimum Gasteiger partial charge on any atom is -0.469 e. The Morgan fingerprint density at radius 3 is 2.58 bits per heavy atom. The highest BCUT2D eigenvalue weighted by Crippen LogP contribution is 2.37. The van der Waals surface area contributed by atoms with Crippen LogP contribution in [0.2, 0.25) is 0 Å². The number of nitrogens with one attached hydrogen (secondary N) is 1. The highest BCUT2D eigenvalue weighted by molar-refractivity contribution is 7.17. The van der Waals surface area contributed by atoms with Gasteiger partial charge in [-0.2, -0.15) is 0 Å². The van der Waals surface area contributed by atoms with E-state index in [0.29, 0.717) is 36.5 Å². The number of ether oxygens (including phenoxy) is 1. The second-order valence-corrected chi connectivity index (χ2v) is 8.01. The van der Waals surface area contributed by atoms with Crippen LogP contribution in [0, 0.1) is 5.92 Å². The molecule has 0 unspecified atom stereocenters. The first-order valence-electron chi connectivity index (χ1n) is 9.04. The van der Waals surface area contributed by atoms with E-state index in [1.807, 2.05) is 4.90 Å². The Hall–Kier alpha value is -1.93. The number of aryl methyl sites for hydroxylation is 1. The van der Waals surface area contributed by atoms with Gasteiger partial charge < -0.3 is 15.8 Å². The lowest BCUT2D eigenvalue weighted by Gasteiger charge is -2.29. The van der Waals surface area contributed by atoms with Crippen molar-refractivity contribution >= 4 is 34.1 Å². The summed E-state index contributed by atoms with van der Waals surface area (Å²) in [6.45, 7) is 1.60. The summed E-state index contributed by atoms with van der Waals surface area (Å²) >= 11 is 1.48. The summed E-state index contributed by atoms with van der Waals surface area (Å²) in [5.41, 5.74) is 7.07. The number of nitrogens with zero attached hydrogens (tertiary/aromatic N) is 1. The van der Waals surface area contributed by atoms with Crippen molar-refractivity contribution in [2.45, 2.75) is 38.5 Å². The van der Waals surface area contributed by atoms with Crippen molar-refractivity contribution in [2.24, 2.45) is 11.7 Å². The van der Waals surface area contributed by atoms with Gasteiger partial charge >= 0.3 is 5.97 Å². The lowest BCUT2D eigenvalue weighted by molar-refractivity contribution is -0.147. The van der Waals surface area contributed by atoms with Crippen molar-refractivity contribution in [1.29, 1.82) is 0 Å². The number of hydrogen-bond acceptors (Lipinski definition) is 6. The van der Waals surface area contributed by atoms with Crippen LogP contribution in [0.4, 0.5) is 5.00 Å². The maximum absolute atomic E-state index is 12.5. The monoisotopic (exact) mass is 379 g/mol. The van der Waals surface area contributed by atoms with Crippen molar-refractivity contribution in [3.8, 4) is 0 Å². The van der Waals surface area contributed by atoms with Gasteiger partial charge in [0.1, 0.15) is 5.00 Å². The molecule has 0 saturated carbocycles. The van der Waals surface area contributed by atoms with E-state index in [4.69, 9.17) is 10.5 Å². The lowest BCUT2D eigenvalue weighted by Crippen LogP contribution is -2.41. The van der Waals surface area contributed by atoms with E-state index in [9.17, 15) is 14.4 Å². The Bertz CT molecular complexity index is 708. The van der Waals surface area contributed by atoms with Gasteiger partial charge in [0, 0.05) is 4.88 Å². The van der Waals surface area contributed by atoms with Crippen molar-refractivity contribution < 1.29 is 19.1 Å². The summed E-state index contributed by atoms with van der Waals surface area (Å²) in [5, 5.41) is 3.47. The Morgan fingerprint density at radius 2 is 1.92 bits per heavy atom. The summed E-state index contributed by atoms with van der Waals surface area (Å²) in [6, 6.07) is 0. The normalized spacial score (nSPS) is 18.2. The molecular weight excluding hydrogens is 354 g/mol. The quantitative estimate of drug-likeness (QED) is 0.756. The van der Waals surface area contributed by atoms with Gasteiger partial charge in [-0.15, -0.1) is 11.3 Å². The molecule has 2 aliphatic rings. The smallest absolute Gasteiger partial charge is 0.308 e. The first kappa shape index (κ1) is 18.8. The number of nitrogens with two attached hydrogens (primary N) is 1. The standard InChI is InChI=1S/C18H25N3O4S/c1-25-18(24)11-6-8-21(9-7-11)10-14(22)20-17-15(16(19)23)12-4-2-3-5-13(12)26-17/h11H,2-10H2,1H3,(H2,19,23)(H,20,22). The number of carbonyl (C=O) groups is 3. The summed E-state index contributed by atoms with van der Waals surface area (Å²) in [4.78, 5) is 39.1. The Kier molecular flexibility index (Phi) is 5.93. The highest BCUT2D eigenvalue weighted by atomic mass is 32.1. The second-order valence-electron chi connectivity index (χ2n) is 6.90. The molecule has 1 aliphatic heterocycles. The van der Waals surface area contributed by atoms with Gasteiger partial charge in [-0.1, -0.05) is 0 Å². The van der Waals surface area contributed by atoms with Crippen molar-refractivity contribution in [1.82, 2.24) is 4.90 Å². The zero-order valence-electron chi connectivity index (χ0n) is 15.0. The third kappa shape index (κ3) is 4.07. The predicted octanol–water partition coefficient (Wildman–Crippen LogP) is 1.55. The van der Waals surface area contributed by atoms with Crippen LogP contribution < -0.4 is 11.1 Å². The van der Waals surface area contributed by atoms with E-state index < -0.39 is 5.91 Å². The molecule has 0 spiro atoms. The fourth-order valence-corrected chi connectivity index (χ4v) is 5.09. The third-order valence-corrected chi connectivity index (χ3v) is 6.37. The number of amides is 2. The van der Waals surface area contributed by atoms with Crippen LogP contribution >= 0.6 is 11.3 Å². The SMILES string of the molecule is COC(=O)C1CCN(CC(=O)Nc2sc3c(c2C(N)=O)CCCC3)CC1. The summed E-state index contributed by atoms with van der Waals surface area (Å²) < 4.78 is 4.78.